The van der Waals surface area contributed by atoms with Crippen LogP contribution in [0.15, 0.2) is 77.5 Å². The van der Waals surface area contributed by atoms with Crippen molar-refractivity contribution in [1.82, 2.24) is 35.5 Å². The molecule has 5 aromatic rings. The fourth-order valence-corrected chi connectivity index (χ4v) is 5.21. The zero-order valence-electron chi connectivity index (χ0n) is 30.0. The monoisotopic (exact) mass is 697 g/mol. The van der Waals surface area contributed by atoms with Crippen LogP contribution >= 0.6 is 11.3 Å². The van der Waals surface area contributed by atoms with Gasteiger partial charge < -0.3 is 21.7 Å². The summed E-state index contributed by atoms with van der Waals surface area (Å²) in [4.78, 5) is 30.5. The van der Waals surface area contributed by atoms with Crippen molar-refractivity contribution in [2.45, 2.75) is 79.7 Å². The van der Waals surface area contributed by atoms with Crippen LogP contribution in [0, 0.1) is 27.7 Å². The second-order valence-corrected chi connectivity index (χ2v) is 12.9. The molecule has 0 spiro atoms. The number of amidine groups is 1. The molecule has 1 aromatic carbocycles. The molecule has 266 valence electrons. The zero-order chi connectivity index (χ0) is 36.1. The molecule has 0 radical (unpaired) electrons. The first-order valence-electron chi connectivity index (χ1n) is 16.8. The third-order valence-corrected chi connectivity index (χ3v) is 8.01. The summed E-state index contributed by atoms with van der Waals surface area (Å²) in [5.41, 5.74) is 11.6. The van der Waals surface area contributed by atoms with Crippen molar-refractivity contribution in [1.29, 1.82) is 0 Å². The van der Waals surface area contributed by atoms with Gasteiger partial charge in [0.05, 0.1) is 10.8 Å². The summed E-state index contributed by atoms with van der Waals surface area (Å²) in [5, 5.41) is 18.7. The van der Waals surface area contributed by atoms with Gasteiger partial charge in [0.25, 0.3) is 0 Å². The van der Waals surface area contributed by atoms with Gasteiger partial charge in [-0.25, -0.2) is 15.0 Å². The molecular formula is C37H51N11OS. The first-order chi connectivity index (χ1) is 24.1. The average Bonchev–Trinajstić information content (AvgIpc) is 3.79. The van der Waals surface area contributed by atoms with E-state index in [1.165, 1.54) is 48.8 Å². The molecule has 3 aliphatic heterocycles. The summed E-state index contributed by atoms with van der Waals surface area (Å²) < 4.78 is 0. The first kappa shape index (κ1) is 39.3. The molecule has 3 aliphatic rings. The number of aromatic amines is 1. The number of hydrogen-bond acceptors (Lipinski definition) is 11. The van der Waals surface area contributed by atoms with Gasteiger partial charge in [0.2, 0.25) is 5.91 Å². The molecule has 1 unspecified atom stereocenters. The predicted octanol–water partition coefficient (Wildman–Crippen LogP) is 6.64. The lowest BCUT2D eigenvalue weighted by Crippen LogP contribution is -2.32. The van der Waals surface area contributed by atoms with Crippen LogP contribution in [0.25, 0.3) is 0 Å². The van der Waals surface area contributed by atoms with E-state index in [1.807, 2.05) is 45.2 Å². The number of aromatic nitrogens is 6. The van der Waals surface area contributed by atoms with Gasteiger partial charge in [0.15, 0.2) is 0 Å². The molecule has 7 heterocycles. The van der Waals surface area contributed by atoms with Crippen LogP contribution in [0.5, 0.6) is 0 Å². The van der Waals surface area contributed by atoms with Crippen LogP contribution in [-0.2, 0) is 17.6 Å². The highest BCUT2D eigenvalue weighted by Crippen LogP contribution is 2.23. The molecule has 0 bridgehead atoms. The van der Waals surface area contributed by atoms with Gasteiger partial charge >= 0.3 is 0 Å². The number of benzene rings is 1. The van der Waals surface area contributed by atoms with E-state index < -0.39 is 0 Å². The highest BCUT2D eigenvalue weighted by molar-refractivity contribution is 7.09. The van der Waals surface area contributed by atoms with Gasteiger partial charge in [-0.2, -0.15) is 5.10 Å². The fourth-order valence-electron chi connectivity index (χ4n) is 4.77. The minimum absolute atomic E-state index is 0.0810. The van der Waals surface area contributed by atoms with E-state index in [2.05, 4.69) is 94.4 Å². The van der Waals surface area contributed by atoms with Gasteiger partial charge in [0, 0.05) is 54.2 Å². The van der Waals surface area contributed by atoms with E-state index in [-0.39, 0.29) is 5.91 Å². The number of hydrogen-bond donors (Lipinski definition) is 5. The molecule has 6 N–H and O–H groups in total. The largest absolute Gasteiger partial charge is 0.384 e. The van der Waals surface area contributed by atoms with Crippen LogP contribution in [0.2, 0.25) is 0 Å². The van der Waals surface area contributed by atoms with Gasteiger partial charge in [-0.1, -0.05) is 30.3 Å². The summed E-state index contributed by atoms with van der Waals surface area (Å²) in [7, 11) is 0. The van der Waals surface area contributed by atoms with Gasteiger partial charge in [-0.05, 0) is 103 Å². The van der Waals surface area contributed by atoms with Gasteiger partial charge in [0.1, 0.15) is 23.8 Å². The Balaban J connectivity index is 0.000000165. The Morgan fingerprint density at radius 1 is 0.860 bits per heavy atom. The molecule has 1 atom stereocenters. The van der Waals surface area contributed by atoms with E-state index in [4.69, 9.17) is 5.73 Å². The summed E-state index contributed by atoms with van der Waals surface area (Å²) in [6.07, 6.45) is 8.72. The summed E-state index contributed by atoms with van der Waals surface area (Å²) >= 11 is 1.67. The maximum atomic E-state index is 10.5. The SMILES string of the molecule is CC1=NCCC(=O)N1.CC1CCc2ccccc2N1.Cc1ccc2c(n1)NCCC2.Cc1cccc(N)n1.Cc1nccs1.Cc1ncn[nH]1. The Morgan fingerprint density at radius 3 is 2.22 bits per heavy atom. The van der Waals surface area contributed by atoms with E-state index in [1.54, 1.807) is 30.5 Å². The summed E-state index contributed by atoms with van der Waals surface area (Å²) in [6.45, 7) is 13.5. The molecule has 1 amide bonds. The Morgan fingerprint density at radius 2 is 1.66 bits per heavy atom. The van der Waals surface area contributed by atoms with Crippen molar-refractivity contribution < 1.29 is 4.79 Å². The van der Waals surface area contributed by atoms with E-state index in [0.717, 1.165) is 40.4 Å². The number of amides is 1. The van der Waals surface area contributed by atoms with E-state index in [9.17, 15) is 4.79 Å². The van der Waals surface area contributed by atoms with Gasteiger partial charge in [-0.15, -0.1) is 11.3 Å². The van der Waals surface area contributed by atoms with Crippen molar-refractivity contribution >= 4 is 40.4 Å². The van der Waals surface area contributed by atoms with Crippen LogP contribution in [0.3, 0.4) is 0 Å². The average molecular weight is 698 g/mol. The number of carbonyl (C=O) groups is 1. The molecule has 0 saturated heterocycles. The number of aryl methyl sites for hydroxylation is 6. The lowest BCUT2D eigenvalue weighted by atomic mass is 9.99. The highest BCUT2D eigenvalue weighted by Gasteiger charge is 2.12. The van der Waals surface area contributed by atoms with Crippen LogP contribution < -0.4 is 21.7 Å². The standard InChI is InChI=1S/C10H13N.C9H12N2.C6H8N2.C5H8N2O.C4H5NS.C3H5N3/c1-8-6-7-9-4-2-3-5-10(9)11-8;1-7-4-5-8-3-2-6-10-9(8)11-7;1-5-3-2-4-6(7)8-5;1-4-6-3-2-5(8)7-4;1-4-5-2-3-6-4;1-3-4-2-5-6-3/h2-5,8,11H,6-7H2,1H3;4-5H,2-3,6H2,1H3,(H,10,11);2-4H,1H3,(H2,7,8);2-3H2,1H3,(H,6,7,8);2-3H,1H3;2H,1H3,(H,4,5,6). The Kier molecular flexibility index (Phi) is 17.1. The Labute approximate surface area is 299 Å². The number of pyridine rings is 2. The van der Waals surface area contributed by atoms with Gasteiger partial charge in [-0.3, -0.25) is 19.9 Å². The number of carbonyl (C=O) groups excluding carboxylic acids is 1. The number of fused-ring (bicyclic) bond motifs is 2. The second-order valence-electron chi connectivity index (χ2n) is 11.8. The van der Waals surface area contributed by atoms with Crippen molar-refractivity contribution in [3.05, 3.63) is 106 Å². The smallest absolute Gasteiger partial charge is 0.227 e. The normalized spacial score (nSPS) is 15.0. The lowest BCUT2D eigenvalue weighted by Gasteiger charge is -2.23. The second kappa shape index (κ2) is 21.7. The summed E-state index contributed by atoms with van der Waals surface area (Å²) in [5.74, 6) is 3.36. The van der Waals surface area contributed by atoms with Crippen molar-refractivity contribution in [3.63, 3.8) is 0 Å². The number of nitrogens with zero attached hydrogens (tertiary/aromatic N) is 6. The first-order valence-corrected chi connectivity index (χ1v) is 17.7. The third kappa shape index (κ3) is 15.8. The fraction of sp³-hybridized carbons (Fsp3) is 0.378. The number of H-pyrrole nitrogens is 1. The number of nitrogens with two attached hydrogens (primary N) is 1. The number of rotatable bonds is 0. The predicted molar refractivity (Wildman–Crippen MR) is 206 cm³/mol. The maximum absolute atomic E-state index is 10.5. The molecule has 50 heavy (non-hydrogen) atoms. The van der Waals surface area contributed by atoms with Crippen LogP contribution in [0.1, 0.15) is 66.5 Å². The molecule has 8 rings (SSSR count). The zero-order valence-corrected chi connectivity index (χ0v) is 30.8. The van der Waals surface area contributed by atoms with Crippen LogP contribution in [0.4, 0.5) is 17.3 Å². The molecular weight excluding hydrogens is 647 g/mol. The van der Waals surface area contributed by atoms with Crippen molar-refractivity contribution in [3.8, 4) is 0 Å². The van der Waals surface area contributed by atoms with Crippen LogP contribution in [-0.4, -0.2) is 61.0 Å². The molecule has 12 nitrogen and oxygen atoms in total. The van der Waals surface area contributed by atoms with E-state index in [0.29, 0.717) is 24.8 Å². The molecule has 4 aromatic heterocycles. The van der Waals surface area contributed by atoms with Crippen molar-refractivity contribution in [2.24, 2.45) is 4.99 Å². The molecule has 0 fully saturated rings. The Bertz CT molecular complexity index is 1670. The number of nitrogen functional groups attached to an aromatic ring is 1. The topological polar surface area (TPSA) is 172 Å². The quantitative estimate of drug-likeness (QED) is 0.119. The molecule has 0 aliphatic carbocycles. The third-order valence-electron chi connectivity index (χ3n) is 7.31. The number of nitrogens with one attached hydrogen (secondary N) is 4. The molecule has 0 saturated carbocycles. The lowest BCUT2D eigenvalue weighted by molar-refractivity contribution is -0.119. The summed E-state index contributed by atoms with van der Waals surface area (Å²) in [6, 6.07) is 19.0. The highest BCUT2D eigenvalue weighted by atomic mass is 32.1. The number of anilines is 3. The van der Waals surface area contributed by atoms with Crippen molar-refractivity contribution in [2.75, 3.05) is 29.5 Å². The Hall–Kier alpha value is -5.17. The maximum Gasteiger partial charge on any atom is 0.227 e. The number of aliphatic imine (C=N–C) groups is 1. The van der Waals surface area contributed by atoms with E-state index >= 15 is 0 Å². The number of thiazole rings is 1. The minimum Gasteiger partial charge on any atom is -0.384 e. The molecule has 13 heteroatoms. The number of para-hydroxylation sites is 1. The minimum atomic E-state index is 0.0810.